The summed E-state index contributed by atoms with van der Waals surface area (Å²) in [4.78, 5) is 8.17. The summed E-state index contributed by atoms with van der Waals surface area (Å²) in [5.41, 5.74) is 1.75. The molecule has 118 valence electrons. The van der Waals surface area contributed by atoms with Gasteiger partial charge in [-0.2, -0.15) is 0 Å². The minimum absolute atomic E-state index is 0.184. The molecule has 6 nitrogen and oxygen atoms in total. The van der Waals surface area contributed by atoms with Crippen molar-refractivity contribution in [1.82, 2.24) is 9.97 Å². The van der Waals surface area contributed by atoms with Crippen LogP contribution in [0.1, 0.15) is 18.1 Å². The highest BCUT2D eigenvalue weighted by Crippen LogP contribution is 2.50. The Bertz CT molecular complexity index is 661. The van der Waals surface area contributed by atoms with Gasteiger partial charge >= 0.3 is 13.6 Å². The van der Waals surface area contributed by atoms with Gasteiger partial charge in [0, 0.05) is 19.5 Å². The second kappa shape index (κ2) is 7.49. The second-order valence-electron chi connectivity index (χ2n) is 4.66. The van der Waals surface area contributed by atoms with Gasteiger partial charge in [0.1, 0.15) is 5.75 Å². The summed E-state index contributed by atoms with van der Waals surface area (Å²) in [5, 5.41) is 0. The molecule has 0 amide bonds. The molecular formula is C15H19N2O4P. The van der Waals surface area contributed by atoms with E-state index in [-0.39, 0.29) is 12.2 Å². The zero-order chi connectivity index (χ0) is 16.0. The molecule has 2 rings (SSSR count). The summed E-state index contributed by atoms with van der Waals surface area (Å²) in [6.07, 6.45) is 3.55. The third kappa shape index (κ3) is 4.63. The fraction of sp³-hybridized carbons (Fsp3) is 0.333. The van der Waals surface area contributed by atoms with Crippen LogP contribution in [0.4, 0.5) is 0 Å². The van der Waals surface area contributed by atoms with Gasteiger partial charge in [0.2, 0.25) is 0 Å². The second-order valence-corrected chi connectivity index (χ2v) is 6.82. The Morgan fingerprint density at radius 3 is 2.59 bits per heavy atom. The van der Waals surface area contributed by atoms with Crippen molar-refractivity contribution in [2.24, 2.45) is 0 Å². The van der Waals surface area contributed by atoms with Crippen molar-refractivity contribution in [2.45, 2.75) is 20.0 Å². The van der Waals surface area contributed by atoms with Gasteiger partial charge in [-0.3, -0.25) is 4.57 Å². The molecule has 1 aromatic heterocycles. The van der Waals surface area contributed by atoms with E-state index in [4.69, 9.17) is 13.8 Å². The minimum atomic E-state index is -3.12. The maximum atomic E-state index is 12.3. The number of aromatic nitrogens is 2. The van der Waals surface area contributed by atoms with E-state index in [0.717, 1.165) is 11.1 Å². The lowest BCUT2D eigenvalue weighted by Crippen LogP contribution is -1.97. The van der Waals surface area contributed by atoms with Gasteiger partial charge in [0.05, 0.1) is 12.8 Å². The lowest BCUT2D eigenvalue weighted by Gasteiger charge is -2.15. The molecule has 1 unspecified atom stereocenters. The first-order valence-electron chi connectivity index (χ1n) is 6.89. The topological polar surface area (TPSA) is 70.5 Å². The molecule has 22 heavy (non-hydrogen) atoms. The molecule has 0 aliphatic rings. The van der Waals surface area contributed by atoms with Crippen LogP contribution in [0.5, 0.6) is 11.8 Å². The number of benzene rings is 1. The Balaban J connectivity index is 2.12. The number of hydrogen-bond donors (Lipinski definition) is 0. The maximum absolute atomic E-state index is 12.3. The van der Waals surface area contributed by atoms with Crippen molar-refractivity contribution >= 4 is 7.60 Å². The van der Waals surface area contributed by atoms with Gasteiger partial charge in [0.15, 0.2) is 0 Å². The Hall–Kier alpha value is -1.75. The summed E-state index contributed by atoms with van der Waals surface area (Å²) >= 11 is 0. The van der Waals surface area contributed by atoms with E-state index in [1.54, 1.807) is 31.5 Å². The highest BCUT2D eigenvalue weighted by molar-refractivity contribution is 7.53. The quantitative estimate of drug-likeness (QED) is 0.719. The Kier molecular flexibility index (Phi) is 5.66. The first-order chi connectivity index (χ1) is 10.5. The SMILES string of the molecule is CCOP(=O)(Cc1cccc(Oc2ncc(C)cn2)c1)OC. The van der Waals surface area contributed by atoms with E-state index in [1.807, 2.05) is 19.1 Å². The van der Waals surface area contributed by atoms with Crippen LogP contribution in [0.3, 0.4) is 0 Å². The van der Waals surface area contributed by atoms with Crippen LogP contribution in [-0.2, 0) is 19.8 Å². The van der Waals surface area contributed by atoms with Crippen LogP contribution in [0.2, 0.25) is 0 Å². The normalized spacial score (nSPS) is 13.6. The number of hydrogen-bond acceptors (Lipinski definition) is 6. The average molecular weight is 322 g/mol. The smallest absolute Gasteiger partial charge is 0.334 e. The van der Waals surface area contributed by atoms with Crippen molar-refractivity contribution in [1.29, 1.82) is 0 Å². The molecule has 7 heteroatoms. The summed E-state index contributed by atoms with van der Waals surface area (Å²) in [5.74, 6) is 0.570. The summed E-state index contributed by atoms with van der Waals surface area (Å²) in [7, 11) is -1.73. The molecule has 2 aromatic rings. The molecule has 1 atom stereocenters. The Morgan fingerprint density at radius 1 is 1.23 bits per heavy atom. The number of aryl methyl sites for hydroxylation is 1. The monoisotopic (exact) mass is 322 g/mol. The van der Waals surface area contributed by atoms with E-state index >= 15 is 0 Å². The first-order valence-corrected chi connectivity index (χ1v) is 8.62. The fourth-order valence-electron chi connectivity index (χ4n) is 1.83. The number of ether oxygens (including phenoxy) is 1. The minimum Gasteiger partial charge on any atom is -0.424 e. The van der Waals surface area contributed by atoms with Crippen LogP contribution < -0.4 is 4.74 Å². The largest absolute Gasteiger partial charge is 0.424 e. The van der Waals surface area contributed by atoms with Gasteiger partial charge in [-0.25, -0.2) is 9.97 Å². The zero-order valence-electron chi connectivity index (χ0n) is 12.9. The zero-order valence-corrected chi connectivity index (χ0v) is 13.7. The molecule has 0 aliphatic heterocycles. The summed E-state index contributed by atoms with van der Waals surface area (Å²) in [6.45, 7) is 4.01. The molecule has 0 radical (unpaired) electrons. The van der Waals surface area contributed by atoms with Crippen molar-refractivity contribution < 1.29 is 18.3 Å². The lowest BCUT2D eigenvalue weighted by molar-refractivity contribution is 0.243. The van der Waals surface area contributed by atoms with Crippen LogP contribution in [0.15, 0.2) is 36.7 Å². The molecule has 0 aliphatic carbocycles. The molecule has 1 heterocycles. The van der Waals surface area contributed by atoms with E-state index < -0.39 is 7.60 Å². The highest BCUT2D eigenvalue weighted by atomic mass is 31.2. The van der Waals surface area contributed by atoms with Crippen molar-refractivity contribution in [3.05, 3.63) is 47.8 Å². The molecule has 0 bridgehead atoms. The van der Waals surface area contributed by atoms with E-state index in [0.29, 0.717) is 12.4 Å². The average Bonchev–Trinajstić information content (AvgIpc) is 2.50. The van der Waals surface area contributed by atoms with Gasteiger partial charge in [-0.1, -0.05) is 12.1 Å². The molecule has 0 saturated carbocycles. The van der Waals surface area contributed by atoms with Gasteiger partial charge in [-0.05, 0) is 37.1 Å². The molecule has 0 fully saturated rings. The van der Waals surface area contributed by atoms with Crippen LogP contribution >= 0.6 is 7.60 Å². The van der Waals surface area contributed by atoms with Crippen LogP contribution in [-0.4, -0.2) is 23.7 Å². The fourth-order valence-corrected chi connectivity index (χ4v) is 3.19. The number of rotatable bonds is 7. The van der Waals surface area contributed by atoms with E-state index in [9.17, 15) is 4.57 Å². The predicted octanol–water partition coefficient (Wildman–Crippen LogP) is 3.95. The van der Waals surface area contributed by atoms with E-state index in [1.165, 1.54) is 7.11 Å². The molecule has 1 aromatic carbocycles. The van der Waals surface area contributed by atoms with Crippen molar-refractivity contribution in [2.75, 3.05) is 13.7 Å². The van der Waals surface area contributed by atoms with Crippen molar-refractivity contribution in [3.63, 3.8) is 0 Å². The maximum Gasteiger partial charge on any atom is 0.334 e. The summed E-state index contributed by atoms with van der Waals surface area (Å²) < 4.78 is 28.2. The standard InChI is InChI=1S/C15H19N2O4P/c1-4-20-22(18,19-3)11-13-6-5-7-14(8-13)21-15-16-9-12(2)10-17-15/h5-10H,4,11H2,1-3H3. The highest BCUT2D eigenvalue weighted by Gasteiger charge is 2.23. The van der Waals surface area contributed by atoms with Crippen LogP contribution in [0.25, 0.3) is 0 Å². The molecular weight excluding hydrogens is 303 g/mol. The molecule has 0 saturated heterocycles. The lowest BCUT2D eigenvalue weighted by atomic mass is 10.2. The van der Waals surface area contributed by atoms with Crippen LogP contribution in [0, 0.1) is 6.92 Å². The first kappa shape index (κ1) is 16.6. The third-order valence-electron chi connectivity index (χ3n) is 2.85. The van der Waals surface area contributed by atoms with Gasteiger partial charge in [-0.15, -0.1) is 0 Å². The predicted molar refractivity (Wildman–Crippen MR) is 83.2 cm³/mol. The summed E-state index contributed by atoms with van der Waals surface area (Å²) in [6, 6.07) is 7.47. The molecule has 0 spiro atoms. The Morgan fingerprint density at radius 2 is 1.95 bits per heavy atom. The van der Waals surface area contributed by atoms with Crippen molar-refractivity contribution in [3.8, 4) is 11.8 Å². The molecule has 0 N–H and O–H groups in total. The Labute approximate surface area is 130 Å². The number of nitrogens with zero attached hydrogens (tertiary/aromatic N) is 2. The third-order valence-corrected chi connectivity index (χ3v) is 4.81. The van der Waals surface area contributed by atoms with Gasteiger partial charge < -0.3 is 13.8 Å². The van der Waals surface area contributed by atoms with E-state index in [2.05, 4.69) is 9.97 Å². The van der Waals surface area contributed by atoms with Gasteiger partial charge in [0.25, 0.3) is 0 Å².